The molecule has 5 nitrogen and oxygen atoms in total. The van der Waals surface area contributed by atoms with Crippen molar-refractivity contribution in [1.29, 1.82) is 0 Å². The molecule has 0 aliphatic rings. The summed E-state index contributed by atoms with van der Waals surface area (Å²) >= 11 is 0. The maximum atomic E-state index is 10.4. The highest BCUT2D eigenvalue weighted by atomic mass is 16.4. The van der Waals surface area contributed by atoms with Crippen molar-refractivity contribution in [2.24, 2.45) is 0 Å². The Labute approximate surface area is 123 Å². The van der Waals surface area contributed by atoms with Crippen molar-refractivity contribution in [3.63, 3.8) is 0 Å². The number of aryl methyl sites for hydroxylation is 1. The van der Waals surface area contributed by atoms with E-state index in [4.69, 9.17) is 4.42 Å². The fourth-order valence-corrected chi connectivity index (χ4v) is 2.37. The molecule has 5 heteroatoms. The summed E-state index contributed by atoms with van der Waals surface area (Å²) in [5, 5.41) is 13.6. The molecule has 3 aromatic heterocycles. The van der Waals surface area contributed by atoms with Gasteiger partial charge in [-0.1, -0.05) is 0 Å². The van der Waals surface area contributed by atoms with Crippen molar-refractivity contribution >= 4 is 5.65 Å². The third-order valence-corrected chi connectivity index (χ3v) is 3.57. The van der Waals surface area contributed by atoms with Crippen LogP contribution in [-0.4, -0.2) is 21.0 Å². The van der Waals surface area contributed by atoms with Gasteiger partial charge in [0.2, 0.25) is 0 Å². The first-order valence-corrected chi connectivity index (χ1v) is 6.96. The van der Waals surface area contributed by atoms with Crippen LogP contribution in [0.5, 0.6) is 0 Å². The number of fused-ring (bicyclic) bond motifs is 1. The Morgan fingerprint density at radius 2 is 2.29 bits per heavy atom. The number of hydrogen-bond acceptors (Lipinski definition) is 4. The molecular formula is C16H19N3O2. The summed E-state index contributed by atoms with van der Waals surface area (Å²) in [6.07, 6.45) is 5.43. The minimum atomic E-state index is -1.03. The van der Waals surface area contributed by atoms with Crippen molar-refractivity contribution in [2.45, 2.75) is 26.0 Å². The van der Waals surface area contributed by atoms with E-state index in [1.54, 1.807) is 25.3 Å². The van der Waals surface area contributed by atoms with E-state index in [2.05, 4.69) is 16.4 Å². The lowest BCUT2D eigenvalue weighted by atomic mass is 10.0. The minimum absolute atomic E-state index is 0.402. The van der Waals surface area contributed by atoms with E-state index in [9.17, 15) is 5.11 Å². The van der Waals surface area contributed by atoms with Crippen molar-refractivity contribution in [2.75, 3.05) is 6.54 Å². The number of pyridine rings is 1. The maximum absolute atomic E-state index is 10.4. The van der Waals surface area contributed by atoms with E-state index in [-0.39, 0.29) is 0 Å². The van der Waals surface area contributed by atoms with Gasteiger partial charge in [0, 0.05) is 19.3 Å². The Bertz CT molecular complexity index is 729. The summed E-state index contributed by atoms with van der Waals surface area (Å²) in [7, 11) is 0. The van der Waals surface area contributed by atoms with Crippen LogP contribution in [0.3, 0.4) is 0 Å². The Balaban J connectivity index is 1.67. The highest BCUT2D eigenvalue weighted by Gasteiger charge is 2.25. The average Bonchev–Trinajstić information content (AvgIpc) is 3.08. The zero-order chi connectivity index (χ0) is 14.9. The van der Waals surface area contributed by atoms with Crippen molar-refractivity contribution in [3.05, 3.63) is 59.9 Å². The molecule has 0 bridgehead atoms. The Hall–Kier alpha value is -2.11. The molecule has 0 radical (unpaired) electrons. The second kappa shape index (κ2) is 5.35. The molecule has 0 saturated carbocycles. The highest BCUT2D eigenvalue weighted by Crippen LogP contribution is 2.20. The molecule has 2 N–H and O–H groups in total. The van der Waals surface area contributed by atoms with Crippen molar-refractivity contribution in [3.8, 4) is 0 Å². The highest BCUT2D eigenvalue weighted by molar-refractivity contribution is 5.42. The van der Waals surface area contributed by atoms with E-state index in [1.165, 1.54) is 5.56 Å². The van der Waals surface area contributed by atoms with Crippen LogP contribution in [0.15, 0.2) is 47.3 Å². The number of aromatic nitrogens is 2. The first-order chi connectivity index (χ1) is 10.1. The number of hydrogen-bond donors (Lipinski definition) is 2. The Morgan fingerprint density at radius 3 is 3.05 bits per heavy atom. The molecule has 3 rings (SSSR count). The molecule has 3 aromatic rings. The second-order valence-electron chi connectivity index (χ2n) is 5.54. The van der Waals surface area contributed by atoms with Crippen LogP contribution in [0.4, 0.5) is 0 Å². The number of imidazole rings is 1. The van der Waals surface area contributed by atoms with Crippen LogP contribution >= 0.6 is 0 Å². The van der Waals surface area contributed by atoms with Gasteiger partial charge in [0.05, 0.1) is 18.2 Å². The summed E-state index contributed by atoms with van der Waals surface area (Å²) in [5.41, 5.74) is 2.15. The van der Waals surface area contributed by atoms with Gasteiger partial charge in [0.15, 0.2) is 0 Å². The summed E-state index contributed by atoms with van der Waals surface area (Å²) in [5.74, 6) is 0.559. The molecule has 0 aliphatic heterocycles. The SMILES string of the molecule is Cc1ccn2c(CNCC(C)(O)c3ccco3)cnc2c1. The molecule has 110 valence electrons. The van der Waals surface area contributed by atoms with E-state index >= 15 is 0 Å². The monoisotopic (exact) mass is 285 g/mol. The number of nitrogens with one attached hydrogen (secondary N) is 1. The van der Waals surface area contributed by atoms with Gasteiger partial charge < -0.3 is 19.2 Å². The molecule has 0 saturated heterocycles. The van der Waals surface area contributed by atoms with Gasteiger partial charge in [-0.25, -0.2) is 4.98 Å². The zero-order valence-electron chi connectivity index (χ0n) is 12.2. The van der Waals surface area contributed by atoms with Gasteiger partial charge in [-0.3, -0.25) is 0 Å². The first-order valence-electron chi connectivity index (χ1n) is 6.96. The number of nitrogens with zero attached hydrogens (tertiary/aromatic N) is 2. The quantitative estimate of drug-likeness (QED) is 0.754. The van der Waals surface area contributed by atoms with Crippen LogP contribution in [0, 0.1) is 6.92 Å². The molecule has 0 spiro atoms. The molecular weight excluding hydrogens is 266 g/mol. The predicted molar refractivity (Wildman–Crippen MR) is 79.9 cm³/mol. The first kappa shape index (κ1) is 13.9. The number of aliphatic hydroxyl groups is 1. The second-order valence-corrected chi connectivity index (χ2v) is 5.54. The maximum Gasteiger partial charge on any atom is 0.137 e. The minimum Gasteiger partial charge on any atom is -0.466 e. The van der Waals surface area contributed by atoms with E-state index in [0.29, 0.717) is 18.8 Å². The number of rotatable bonds is 5. The van der Waals surface area contributed by atoms with E-state index in [1.807, 2.05) is 29.8 Å². The molecule has 0 amide bonds. The van der Waals surface area contributed by atoms with Gasteiger partial charge in [-0.2, -0.15) is 0 Å². The molecule has 0 fully saturated rings. The molecule has 1 atom stereocenters. The van der Waals surface area contributed by atoms with Crippen LogP contribution in [-0.2, 0) is 12.1 Å². The fourth-order valence-electron chi connectivity index (χ4n) is 2.37. The van der Waals surface area contributed by atoms with Crippen LogP contribution in [0.1, 0.15) is 23.9 Å². The summed E-state index contributed by atoms with van der Waals surface area (Å²) in [6, 6.07) is 7.65. The van der Waals surface area contributed by atoms with Gasteiger partial charge in [-0.15, -0.1) is 0 Å². The van der Waals surface area contributed by atoms with E-state index < -0.39 is 5.60 Å². The zero-order valence-corrected chi connectivity index (χ0v) is 12.2. The smallest absolute Gasteiger partial charge is 0.137 e. The number of furan rings is 1. The third kappa shape index (κ3) is 2.84. The molecule has 3 heterocycles. The van der Waals surface area contributed by atoms with Gasteiger partial charge in [-0.05, 0) is 43.7 Å². The Morgan fingerprint density at radius 1 is 1.43 bits per heavy atom. The van der Waals surface area contributed by atoms with E-state index in [0.717, 1.165) is 11.3 Å². The predicted octanol–water partition coefficient (Wildman–Crippen LogP) is 2.23. The van der Waals surface area contributed by atoms with Crippen LogP contribution < -0.4 is 5.32 Å². The van der Waals surface area contributed by atoms with Gasteiger partial charge in [0.25, 0.3) is 0 Å². The molecule has 1 unspecified atom stereocenters. The topological polar surface area (TPSA) is 62.7 Å². The summed E-state index contributed by atoms with van der Waals surface area (Å²) in [6.45, 7) is 4.81. The van der Waals surface area contributed by atoms with Gasteiger partial charge >= 0.3 is 0 Å². The largest absolute Gasteiger partial charge is 0.466 e. The standard InChI is InChI=1S/C16H19N3O2/c1-12-5-6-19-13(10-18-15(19)8-12)9-17-11-16(2,20)14-4-3-7-21-14/h3-8,10,17,20H,9,11H2,1-2H3. The Kier molecular flexibility index (Phi) is 3.53. The molecule has 0 aliphatic carbocycles. The lowest BCUT2D eigenvalue weighted by Crippen LogP contribution is -2.35. The summed E-state index contributed by atoms with van der Waals surface area (Å²) in [4.78, 5) is 4.39. The van der Waals surface area contributed by atoms with Crippen LogP contribution in [0.25, 0.3) is 5.65 Å². The van der Waals surface area contributed by atoms with Crippen LogP contribution in [0.2, 0.25) is 0 Å². The van der Waals surface area contributed by atoms with Crippen molar-refractivity contribution in [1.82, 2.24) is 14.7 Å². The normalized spacial score (nSPS) is 14.4. The third-order valence-electron chi connectivity index (χ3n) is 3.57. The fraction of sp³-hybridized carbons (Fsp3) is 0.312. The lowest BCUT2D eigenvalue weighted by molar-refractivity contribution is 0.0339. The van der Waals surface area contributed by atoms with Crippen molar-refractivity contribution < 1.29 is 9.52 Å². The molecule has 0 aromatic carbocycles. The summed E-state index contributed by atoms with van der Waals surface area (Å²) < 4.78 is 7.31. The lowest BCUT2D eigenvalue weighted by Gasteiger charge is -2.21. The van der Waals surface area contributed by atoms with Gasteiger partial charge in [0.1, 0.15) is 17.0 Å². The average molecular weight is 285 g/mol. The molecule has 21 heavy (non-hydrogen) atoms.